The van der Waals surface area contributed by atoms with Crippen LogP contribution in [0.25, 0.3) is 0 Å². The summed E-state index contributed by atoms with van der Waals surface area (Å²) in [6.07, 6.45) is -0.203. The summed E-state index contributed by atoms with van der Waals surface area (Å²) in [5.41, 5.74) is 1.46. The first-order valence-corrected chi connectivity index (χ1v) is 4.46. The van der Waals surface area contributed by atoms with E-state index in [0.717, 1.165) is 5.56 Å². The molecule has 2 nitrogen and oxygen atoms in total. The van der Waals surface area contributed by atoms with Crippen LogP contribution in [0.2, 0.25) is 0 Å². The maximum Gasteiger partial charge on any atom is 0.296 e. The number of hydrogen-bond donors (Lipinski definition) is 0. The number of aryl methyl sites for hydroxylation is 1. The van der Waals surface area contributed by atoms with Crippen molar-refractivity contribution in [2.24, 2.45) is 0 Å². The fourth-order valence-corrected chi connectivity index (χ4v) is 1.84. The van der Waals surface area contributed by atoms with Gasteiger partial charge in [0.25, 0.3) is 6.43 Å². The monoisotopic (exact) mass is 197 g/mol. The molecule has 0 bridgehead atoms. The molecule has 0 aromatic carbocycles. The van der Waals surface area contributed by atoms with Crippen LogP contribution in [0.4, 0.5) is 8.78 Å². The van der Waals surface area contributed by atoms with Crippen LogP contribution < -0.4 is 0 Å². The molecule has 1 unspecified atom stereocenters. The molecule has 0 saturated carbocycles. The Morgan fingerprint density at radius 3 is 3.07 bits per heavy atom. The first-order chi connectivity index (χ1) is 6.70. The Hall–Kier alpha value is -1.32. The lowest BCUT2D eigenvalue weighted by Gasteiger charge is -2.07. The average molecular weight is 197 g/mol. The van der Waals surface area contributed by atoms with Gasteiger partial charge in [-0.2, -0.15) is 0 Å². The Morgan fingerprint density at radius 2 is 2.36 bits per heavy atom. The van der Waals surface area contributed by atoms with Gasteiger partial charge in [-0.15, -0.1) is 0 Å². The second-order valence-electron chi connectivity index (χ2n) is 3.34. The minimum Gasteiger partial charge on any atom is -0.293 e. The van der Waals surface area contributed by atoms with E-state index in [1.165, 1.54) is 6.20 Å². The number of halogens is 2. The Bertz CT molecular complexity index is 365. The van der Waals surface area contributed by atoms with Crippen LogP contribution in [-0.4, -0.2) is 17.2 Å². The number of ketones is 1. The summed E-state index contributed by atoms with van der Waals surface area (Å²) in [6.45, 7) is 0. The first-order valence-electron chi connectivity index (χ1n) is 4.46. The number of rotatable bonds is 2. The topological polar surface area (TPSA) is 30.0 Å². The van der Waals surface area contributed by atoms with Gasteiger partial charge in [-0.3, -0.25) is 9.78 Å². The lowest BCUT2D eigenvalue weighted by molar-refractivity contribution is -0.131. The Balaban J connectivity index is 2.30. The van der Waals surface area contributed by atoms with E-state index in [9.17, 15) is 13.6 Å². The summed E-state index contributed by atoms with van der Waals surface area (Å²) < 4.78 is 24.4. The van der Waals surface area contributed by atoms with E-state index in [-0.39, 0.29) is 0 Å². The second-order valence-corrected chi connectivity index (χ2v) is 3.34. The predicted octanol–water partition coefficient (Wildman–Crippen LogP) is 1.95. The van der Waals surface area contributed by atoms with Crippen LogP contribution in [0.3, 0.4) is 0 Å². The number of fused-ring (bicyclic) bond motifs is 1. The molecular weight excluding hydrogens is 188 g/mol. The van der Waals surface area contributed by atoms with Crippen molar-refractivity contribution in [2.75, 3.05) is 0 Å². The Kier molecular flexibility index (Phi) is 2.27. The molecule has 0 radical (unpaired) electrons. The van der Waals surface area contributed by atoms with Crippen molar-refractivity contribution in [3.05, 3.63) is 29.6 Å². The molecule has 1 atom stereocenters. The van der Waals surface area contributed by atoms with E-state index in [0.29, 0.717) is 18.5 Å². The van der Waals surface area contributed by atoms with Gasteiger partial charge in [0.05, 0.1) is 11.6 Å². The number of alkyl halides is 2. The van der Waals surface area contributed by atoms with Crippen molar-refractivity contribution in [3.8, 4) is 0 Å². The van der Waals surface area contributed by atoms with Crippen molar-refractivity contribution in [1.82, 2.24) is 4.98 Å². The number of carbonyl (C=O) groups excluding carboxylic acids is 1. The molecule has 1 aromatic heterocycles. The highest BCUT2D eigenvalue weighted by Gasteiger charge is 2.34. The molecule has 0 aliphatic heterocycles. The molecule has 0 N–H and O–H groups in total. The molecule has 1 aliphatic carbocycles. The number of hydrogen-bond acceptors (Lipinski definition) is 2. The summed E-state index contributed by atoms with van der Waals surface area (Å²) in [6, 6.07) is 3.59. The highest BCUT2D eigenvalue weighted by molar-refractivity contribution is 5.88. The van der Waals surface area contributed by atoms with Gasteiger partial charge in [0.2, 0.25) is 5.78 Å². The van der Waals surface area contributed by atoms with Crippen molar-refractivity contribution in [3.63, 3.8) is 0 Å². The Morgan fingerprint density at radius 1 is 1.57 bits per heavy atom. The molecular formula is C10H9F2NO. The SMILES string of the molecule is O=C(C(F)F)C1CCc2cccnc21. The second kappa shape index (κ2) is 3.44. The molecule has 4 heteroatoms. The molecule has 0 amide bonds. The smallest absolute Gasteiger partial charge is 0.293 e. The lowest BCUT2D eigenvalue weighted by Crippen LogP contribution is -2.18. The zero-order valence-corrected chi connectivity index (χ0v) is 7.41. The minimum absolute atomic E-state index is 0.468. The zero-order valence-electron chi connectivity index (χ0n) is 7.41. The van der Waals surface area contributed by atoms with Gasteiger partial charge in [0.15, 0.2) is 0 Å². The van der Waals surface area contributed by atoms with Gasteiger partial charge in [0.1, 0.15) is 0 Å². The minimum atomic E-state index is -2.88. The molecule has 74 valence electrons. The Labute approximate surface area is 80.0 Å². The van der Waals surface area contributed by atoms with Crippen LogP contribution in [0.5, 0.6) is 0 Å². The van der Waals surface area contributed by atoms with Crippen molar-refractivity contribution < 1.29 is 13.6 Å². The van der Waals surface area contributed by atoms with Crippen LogP contribution in [0, 0.1) is 0 Å². The summed E-state index contributed by atoms with van der Waals surface area (Å²) in [4.78, 5) is 15.1. The normalized spacial score (nSPS) is 19.8. The lowest BCUT2D eigenvalue weighted by atomic mass is 10.0. The summed E-state index contributed by atoms with van der Waals surface area (Å²) >= 11 is 0. The van der Waals surface area contributed by atoms with E-state index < -0.39 is 18.1 Å². The number of aromatic nitrogens is 1. The van der Waals surface area contributed by atoms with Crippen LogP contribution >= 0.6 is 0 Å². The number of carbonyl (C=O) groups is 1. The van der Waals surface area contributed by atoms with Crippen LogP contribution in [0.1, 0.15) is 23.6 Å². The van der Waals surface area contributed by atoms with Gasteiger partial charge < -0.3 is 0 Å². The third-order valence-electron chi connectivity index (χ3n) is 2.52. The average Bonchev–Trinajstić information content (AvgIpc) is 2.60. The maximum atomic E-state index is 12.2. The third-order valence-corrected chi connectivity index (χ3v) is 2.52. The highest BCUT2D eigenvalue weighted by atomic mass is 19.3. The quantitative estimate of drug-likeness (QED) is 0.725. The van der Waals surface area contributed by atoms with Gasteiger partial charge in [-0.25, -0.2) is 8.78 Å². The van der Waals surface area contributed by atoms with Crippen LogP contribution in [0.15, 0.2) is 18.3 Å². The van der Waals surface area contributed by atoms with Crippen molar-refractivity contribution in [2.45, 2.75) is 25.2 Å². The molecule has 1 heterocycles. The van der Waals surface area contributed by atoms with Crippen molar-refractivity contribution in [1.29, 1.82) is 0 Å². The predicted molar refractivity (Wildman–Crippen MR) is 46.3 cm³/mol. The van der Waals surface area contributed by atoms with E-state index in [1.54, 1.807) is 6.07 Å². The van der Waals surface area contributed by atoms with E-state index in [4.69, 9.17) is 0 Å². The zero-order chi connectivity index (χ0) is 10.1. The molecule has 2 rings (SSSR count). The van der Waals surface area contributed by atoms with Gasteiger partial charge >= 0.3 is 0 Å². The van der Waals surface area contributed by atoms with Gasteiger partial charge in [0, 0.05) is 6.20 Å². The molecule has 1 aliphatic rings. The number of pyridine rings is 1. The van der Waals surface area contributed by atoms with Gasteiger partial charge in [-0.1, -0.05) is 6.07 Å². The molecule has 0 spiro atoms. The maximum absolute atomic E-state index is 12.2. The van der Waals surface area contributed by atoms with E-state index in [2.05, 4.69) is 4.98 Å². The molecule has 1 aromatic rings. The number of Topliss-reactive ketones (excluding diaryl/α,β-unsaturated/α-hetero) is 1. The molecule has 14 heavy (non-hydrogen) atoms. The fraction of sp³-hybridized carbons (Fsp3) is 0.400. The summed E-state index contributed by atoms with van der Waals surface area (Å²) in [7, 11) is 0. The highest BCUT2D eigenvalue weighted by Crippen LogP contribution is 2.32. The first kappa shape index (κ1) is 9.24. The van der Waals surface area contributed by atoms with E-state index in [1.807, 2.05) is 6.07 Å². The van der Waals surface area contributed by atoms with Crippen LogP contribution in [-0.2, 0) is 11.2 Å². The fourth-order valence-electron chi connectivity index (χ4n) is 1.84. The molecule has 0 fully saturated rings. The van der Waals surface area contributed by atoms with Gasteiger partial charge in [-0.05, 0) is 24.5 Å². The number of nitrogens with zero attached hydrogens (tertiary/aromatic N) is 1. The molecule has 0 saturated heterocycles. The standard InChI is InChI=1S/C10H9F2NO/c11-10(12)9(14)7-4-3-6-2-1-5-13-8(6)7/h1-2,5,7,10H,3-4H2. The third kappa shape index (κ3) is 1.41. The van der Waals surface area contributed by atoms with E-state index >= 15 is 0 Å². The summed E-state index contributed by atoms with van der Waals surface area (Å²) in [5, 5.41) is 0. The van der Waals surface area contributed by atoms with Crippen molar-refractivity contribution >= 4 is 5.78 Å². The largest absolute Gasteiger partial charge is 0.296 e. The summed E-state index contributed by atoms with van der Waals surface area (Å²) in [5.74, 6) is -1.69.